The number of carbonyl (C=O) groups excluding carboxylic acids is 3. The highest BCUT2D eigenvalue weighted by atomic mass is 16.6. The van der Waals surface area contributed by atoms with Gasteiger partial charge in [-0.15, -0.1) is 0 Å². The standard InChI is InChI=1S/C49H91NO7/c1-6-8-10-12-14-16-18-20-22-23-24-25-26-28-30-32-34-36-38-40-48(52)57-45(43-55-42-41-46(49(53)54)50(3,4)5)44-56-47(51)39-37-35-33-31-29-27-21-19-17-15-13-11-9-7-2/h23-24,27,29,45-46H,6-22,25-26,28,30-44H2,1-5H3/b24-23+,29-27+. The molecule has 334 valence electrons. The average molecular weight is 806 g/mol. The summed E-state index contributed by atoms with van der Waals surface area (Å²) in [7, 11) is 5.41. The van der Waals surface area contributed by atoms with E-state index in [1.165, 1.54) is 135 Å². The molecule has 0 aliphatic rings. The molecule has 0 aliphatic heterocycles. The number of aliphatic carboxylic acids is 1. The molecule has 0 aromatic heterocycles. The van der Waals surface area contributed by atoms with Gasteiger partial charge in [-0.1, -0.05) is 160 Å². The highest BCUT2D eigenvalue weighted by Gasteiger charge is 2.25. The molecule has 0 amide bonds. The van der Waals surface area contributed by atoms with Gasteiger partial charge in [0, 0.05) is 19.3 Å². The van der Waals surface area contributed by atoms with Gasteiger partial charge in [-0.25, -0.2) is 0 Å². The molecule has 0 rings (SSSR count). The summed E-state index contributed by atoms with van der Waals surface area (Å²) in [6.07, 6.45) is 44.9. The van der Waals surface area contributed by atoms with Crippen molar-refractivity contribution >= 4 is 17.9 Å². The van der Waals surface area contributed by atoms with E-state index in [2.05, 4.69) is 38.2 Å². The summed E-state index contributed by atoms with van der Waals surface area (Å²) in [4.78, 5) is 36.9. The Morgan fingerprint density at radius 3 is 1.28 bits per heavy atom. The van der Waals surface area contributed by atoms with Crippen LogP contribution in [0.2, 0.25) is 0 Å². The number of carboxylic acid groups (broad SMARTS) is 1. The summed E-state index contributed by atoms with van der Waals surface area (Å²) >= 11 is 0. The van der Waals surface area contributed by atoms with Gasteiger partial charge >= 0.3 is 11.9 Å². The molecule has 0 N–H and O–H groups in total. The van der Waals surface area contributed by atoms with Crippen LogP contribution in [-0.2, 0) is 28.6 Å². The first-order valence-electron chi connectivity index (χ1n) is 23.9. The van der Waals surface area contributed by atoms with Gasteiger partial charge in [-0.3, -0.25) is 9.59 Å². The Kier molecular flexibility index (Phi) is 39.0. The van der Waals surface area contributed by atoms with Crippen molar-refractivity contribution in [1.29, 1.82) is 0 Å². The summed E-state index contributed by atoms with van der Waals surface area (Å²) in [5.74, 6) is -1.75. The second-order valence-electron chi connectivity index (χ2n) is 17.3. The summed E-state index contributed by atoms with van der Waals surface area (Å²) in [5.41, 5.74) is 0. The van der Waals surface area contributed by atoms with Crippen LogP contribution in [0, 0.1) is 0 Å². The lowest BCUT2D eigenvalue weighted by Crippen LogP contribution is -2.55. The Morgan fingerprint density at radius 2 is 0.877 bits per heavy atom. The molecule has 0 aromatic carbocycles. The molecule has 0 spiro atoms. The van der Waals surface area contributed by atoms with Gasteiger partial charge in [0.1, 0.15) is 12.6 Å². The van der Waals surface area contributed by atoms with Crippen molar-refractivity contribution in [3.8, 4) is 0 Å². The molecular weight excluding hydrogens is 715 g/mol. The highest BCUT2D eigenvalue weighted by Crippen LogP contribution is 2.14. The van der Waals surface area contributed by atoms with Crippen molar-refractivity contribution in [2.24, 2.45) is 0 Å². The molecular formula is C49H91NO7. The Bertz CT molecular complexity index is 989. The zero-order chi connectivity index (χ0) is 42.1. The van der Waals surface area contributed by atoms with E-state index in [0.29, 0.717) is 12.8 Å². The maximum absolute atomic E-state index is 12.7. The molecule has 0 saturated carbocycles. The molecule has 0 bridgehead atoms. The lowest BCUT2D eigenvalue weighted by molar-refractivity contribution is -0.889. The first-order valence-corrected chi connectivity index (χ1v) is 23.9. The maximum atomic E-state index is 12.7. The predicted octanol–water partition coefficient (Wildman–Crippen LogP) is 11.9. The van der Waals surface area contributed by atoms with E-state index in [0.717, 1.165) is 51.4 Å². The number of hydrogen-bond donors (Lipinski definition) is 0. The predicted molar refractivity (Wildman–Crippen MR) is 236 cm³/mol. The van der Waals surface area contributed by atoms with Crippen LogP contribution in [0.15, 0.2) is 24.3 Å². The van der Waals surface area contributed by atoms with Crippen molar-refractivity contribution in [2.75, 3.05) is 41.0 Å². The van der Waals surface area contributed by atoms with E-state index in [-0.39, 0.29) is 42.7 Å². The van der Waals surface area contributed by atoms with Crippen LogP contribution in [0.3, 0.4) is 0 Å². The van der Waals surface area contributed by atoms with Crippen LogP contribution in [0.25, 0.3) is 0 Å². The third-order valence-corrected chi connectivity index (χ3v) is 10.8. The van der Waals surface area contributed by atoms with E-state index in [1.807, 2.05) is 0 Å². The minimum absolute atomic E-state index is 0.0372. The van der Waals surface area contributed by atoms with E-state index in [1.54, 1.807) is 21.1 Å². The van der Waals surface area contributed by atoms with Gasteiger partial charge < -0.3 is 28.6 Å². The third kappa shape index (κ3) is 39.1. The lowest BCUT2D eigenvalue weighted by Gasteiger charge is -2.34. The summed E-state index contributed by atoms with van der Waals surface area (Å²) in [6, 6.07) is -0.726. The lowest BCUT2D eigenvalue weighted by atomic mass is 10.1. The second-order valence-corrected chi connectivity index (χ2v) is 17.3. The third-order valence-electron chi connectivity index (χ3n) is 10.8. The molecule has 0 heterocycles. The SMILES string of the molecule is CCCCCCCCC/C=C/CCCCCC(=O)OCC(COCCC(C(=O)[O-])[N+](C)(C)C)OC(=O)CCCCCCCCC/C=C/CCCCCCCCCC. The van der Waals surface area contributed by atoms with Gasteiger partial charge in [0.05, 0.1) is 40.3 Å². The van der Waals surface area contributed by atoms with Crippen molar-refractivity contribution in [3.63, 3.8) is 0 Å². The number of esters is 2. The summed E-state index contributed by atoms with van der Waals surface area (Å²) in [6.45, 7) is 4.66. The minimum Gasteiger partial charge on any atom is -0.544 e. The van der Waals surface area contributed by atoms with Crippen LogP contribution >= 0.6 is 0 Å². The zero-order valence-corrected chi connectivity index (χ0v) is 38.0. The summed E-state index contributed by atoms with van der Waals surface area (Å²) < 4.78 is 17.2. The van der Waals surface area contributed by atoms with Gasteiger partial charge in [0.15, 0.2) is 6.10 Å². The summed E-state index contributed by atoms with van der Waals surface area (Å²) in [5, 5.41) is 11.6. The molecule has 0 saturated heterocycles. The number of allylic oxidation sites excluding steroid dienone is 4. The van der Waals surface area contributed by atoms with Crippen molar-refractivity contribution in [1.82, 2.24) is 0 Å². The van der Waals surface area contributed by atoms with Crippen molar-refractivity contribution in [2.45, 2.75) is 231 Å². The first kappa shape index (κ1) is 54.8. The van der Waals surface area contributed by atoms with E-state index >= 15 is 0 Å². The van der Waals surface area contributed by atoms with Crippen LogP contribution in [0.5, 0.6) is 0 Å². The van der Waals surface area contributed by atoms with Crippen LogP contribution in [0.4, 0.5) is 0 Å². The largest absolute Gasteiger partial charge is 0.544 e. The van der Waals surface area contributed by atoms with Gasteiger partial charge in [0.2, 0.25) is 0 Å². The number of likely N-dealkylation sites (N-methyl/N-ethyl adjacent to an activating group) is 1. The monoisotopic (exact) mass is 806 g/mol. The molecule has 8 heteroatoms. The number of hydrogen-bond acceptors (Lipinski definition) is 7. The first-order chi connectivity index (χ1) is 27.6. The molecule has 0 aliphatic carbocycles. The second kappa shape index (κ2) is 40.6. The number of nitrogens with zero attached hydrogens (tertiary/aromatic N) is 1. The van der Waals surface area contributed by atoms with Gasteiger partial charge in [0.25, 0.3) is 0 Å². The van der Waals surface area contributed by atoms with Crippen LogP contribution in [0.1, 0.15) is 219 Å². The Morgan fingerprint density at radius 1 is 0.509 bits per heavy atom. The highest BCUT2D eigenvalue weighted by molar-refractivity contribution is 5.70. The van der Waals surface area contributed by atoms with Crippen LogP contribution < -0.4 is 5.11 Å². The molecule has 2 atom stereocenters. The van der Waals surface area contributed by atoms with E-state index in [4.69, 9.17) is 14.2 Å². The molecule has 0 fully saturated rings. The number of carbonyl (C=O) groups is 3. The fraction of sp³-hybridized carbons (Fsp3) is 0.857. The fourth-order valence-corrected chi connectivity index (χ4v) is 7.06. The molecule has 2 unspecified atom stereocenters. The fourth-order valence-electron chi connectivity index (χ4n) is 7.06. The van der Waals surface area contributed by atoms with Crippen molar-refractivity contribution in [3.05, 3.63) is 24.3 Å². The maximum Gasteiger partial charge on any atom is 0.306 e. The van der Waals surface area contributed by atoms with Gasteiger partial charge in [-0.2, -0.15) is 0 Å². The Balaban J connectivity index is 4.30. The molecule has 57 heavy (non-hydrogen) atoms. The smallest absolute Gasteiger partial charge is 0.306 e. The molecule has 0 aromatic rings. The quantitative estimate of drug-likeness (QED) is 0.0262. The number of ether oxygens (including phenoxy) is 3. The normalized spacial score (nSPS) is 13.1. The van der Waals surface area contributed by atoms with E-state index in [9.17, 15) is 19.5 Å². The number of unbranched alkanes of at least 4 members (excludes halogenated alkanes) is 25. The van der Waals surface area contributed by atoms with E-state index < -0.39 is 18.1 Å². The Hall–Kier alpha value is -2.19. The Labute approximate surface area is 351 Å². The van der Waals surface area contributed by atoms with Crippen LogP contribution in [-0.4, -0.2) is 75.5 Å². The van der Waals surface area contributed by atoms with Crippen molar-refractivity contribution < 1.29 is 38.2 Å². The molecule has 8 nitrogen and oxygen atoms in total. The topological polar surface area (TPSA) is 102 Å². The zero-order valence-electron chi connectivity index (χ0n) is 38.0. The van der Waals surface area contributed by atoms with Gasteiger partial charge in [-0.05, 0) is 64.2 Å². The number of quaternary nitrogens is 1. The average Bonchev–Trinajstić information content (AvgIpc) is 3.17. The molecule has 0 radical (unpaired) electrons. The number of rotatable bonds is 43. The number of carboxylic acids is 1. The minimum atomic E-state index is -1.13.